The highest BCUT2D eigenvalue weighted by Crippen LogP contribution is 2.36. The van der Waals surface area contributed by atoms with Crippen LogP contribution in [0.25, 0.3) is 0 Å². The maximum atomic E-state index is 12.6. The molecule has 0 bridgehead atoms. The highest BCUT2D eigenvalue weighted by Gasteiger charge is 2.38. The number of hydrogen-bond acceptors (Lipinski definition) is 6. The van der Waals surface area contributed by atoms with Crippen LogP contribution in [0.3, 0.4) is 0 Å². The molecule has 1 saturated carbocycles. The molecule has 8 nitrogen and oxygen atoms in total. The molecule has 25 heavy (non-hydrogen) atoms. The normalized spacial score (nSPS) is 27.2. The van der Waals surface area contributed by atoms with Gasteiger partial charge in [-0.3, -0.25) is 0 Å². The number of nitrogens with one attached hydrogen (secondary N) is 2. The number of ether oxygens (including phenoxy) is 1. The van der Waals surface area contributed by atoms with Crippen molar-refractivity contribution in [2.45, 2.75) is 32.0 Å². The number of piperazine rings is 1. The highest BCUT2D eigenvalue weighted by molar-refractivity contribution is 5.89. The molecule has 0 radical (unpaired) electrons. The van der Waals surface area contributed by atoms with Crippen LogP contribution in [0.1, 0.15) is 19.8 Å². The van der Waals surface area contributed by atoms with E-state index in [1.54, 1.807) is 12.4 Å². The van der Waals surface area contributed by atoms with E-state index < -0.39 is 0 Å². The van der Waals surface area contributed by atoms with Crippen molar-refractivity contribution in [1.29, 1.82) is 0 Å². The standard InChI is InChI=1S/C17H26N6O2/c1-12-10-23(11-15(25-12)13-2-3-13)17(24)21-14-8-19-16(20-9-14)22-6-4-18-5-7-22/h8-9,12-13,15,18H,2-7,10-11H2,1H3,(H,21,24). The van der Waals surface area contributed by atoms with Crippen molar-refractivity contribution in [2.75, 3.05) is 49.5 Å². The fourth-order valence-electron chi connectivity index (χ4n) is 3.50. The Morgan fingerprint density at radius 1 is 1.24 bits per heavy atom. The lowest BCUT2D eigenvalue weighted by molar-refractivity contribution is -0.0717. The van der Waals surface area contributed by atoms with Gasteiger partial charge in [-0.05, 0) is 25.7 Å². The zero-order valence-corrected chi connectivity index (χ0v) is 14.6. The second-order valence-corrected chi connectivity index (χ2v) is 7.17. The molecule has 1 aliphatic carbocycles. The van der Waals surface area contributed by atoms with Gasteiger partial charge < -0.3 is 25.2 Å². The summed E-state index contributed by atoms with van der Waals surface area (Å²) in [5.74, 6) is 1.34. The Labute approximate surface area is 147 Å². The lowest BCUT2D eigenvalue weighted by Crippen LogP contribution is -2.51. The van der Waals surface area contributed by atoms with E-state index in [0.717, 1.165) is 26.2 Å². The summed E-state index contributed by atoms with van der Waals surface area (Å²) in [5.41, 5.74) is 0.631. The molecule has 1 aromatic heterocycles. The third-order valence-corrected chi connectivity index (χ3v) is 5.01. The van der Waals surface area contributed by atoms with Crippen LogP contribution in [0.2, 0.25) is 0 Å². The van der Waals surface area contributed by atoms with Crippen LogP contribution in [-0.4, -0.2) is 72.4 Å². The van der Waals surface area contributed by atoms with Crippen LogP contribution in [0, 0.1) is 5.92 Å². The van der Waals surface area contributed by atoms with Gasteiger partial charge in [0.05, 0.1) is 30.3 Å². The molecule has 3 heterocycles. The summed E-state index contributed by atoms with van der Waals surface area (Å²) < 4.78 is 5.97. The van der Waals surface area contributed by atoms with Crippen LogP contribution >= 0.6 is 0 Å². The largest absolute Gasteiger partial charge is 0.371 e. The average Bonchev–Trinajstić information content (AvgIpc) is 3.48. The molecule has 2 amide bonds. The summed E-state index contributed by atoms with van der Waals surface area (Å²) in [5, 5.41) is 6.23. The molecule has 0 aromatic carbocycles. The molecule has 3 fully saturated rings. The number of carbonyl (C=O) groups is 1. The van der Waals surface area contributed by atoms with Gasteiger partial charge >= 0.3 is 6.03 Å². The van der Waals surface area contributed by atoms with Crippen molar-refractivity contribution in [3.05, 3.63) is 12.4 Å². The van der Waals surface area contributed by atoms with E-state index in [9.17, 15) is 4.79 Å². The first-order valence-electron chi connectivity index (χ1n) is 9.18. The minimum atomic E-state index is -0.0978. The van der Waals surface area contributed by atoms with Gasteiger partial charge in [0.25, 0.3) is 0 Å². The summed E-state index contributed by atoms with van der Waals surface area (Å²) in [6.45, 7) is 7.01. The first kappa shape index (κ1) is 16.5. The van der Waals surface area contributed by atoms with Gasteiger partial charge in [-0.2, -0.15) is 0 Å². The van der Waals surface area contributed by atoms with Gasteiger partial charge in [-0.25, -0.2) is 14.8 Å². The SMILES string of the molecule is CC1CN(C(=O)Nc2cnc(N3CCNCC3)nc2)CC(C2CC2)O1. The third kappa shape index (κ3) is 4.01. The lowest BCUT2D eigenvalue weighted by atomic mass is 10.1. The predicted octanol–water partition coefficient (Wildman–Crippen LogP) is 0.917. The van der Waals surface area contributed by atoms with Crippen molar-refractivity contribution in [2.24, 2.45) is 5.92 Å². The Balaban J connectivity index is 1.35. The van der Waals surface area contributed by atoms with Crippen LogP contribution in [-0.2, 0) is 4.74 Å². The van der Waals surface area contributed by atoms with Crippen LogP contribution in [0.4, 0.5) is 16.4 Å². The molecule has 1 aromatic rings. The molecular weight excluding hydrogens is 320 g/mol. The minimum Gasteiger partial charge on any atom is -0.371 e. The number of hydrogen-bond donors (Lipinski definition) is 2. The summed E-state index contributed by atoms with van der Waals surface area (Å²) in [7, 11) is 0. The van der Waals surface area contributed by atoms with E-state index >= 15 is 0 Å². The number of rotatable bonds is 3. The minimum absolute atomic E-state index is 0.0800. The topological polar surface area (TPSA) is 82.6 Å². The van der Waals surface area contributed by atoms with Crippen molar-refractivity contribution in [3.63, 3.8) is 0 Å². The molecular formula is C17H26N6O2. The molecule has 2 unspecified atom stereocenters. The predicted molar refractivity (Wildman–Crippen MR) is 94.8 cm³/mol. The Morgan fingerprint density at radius 2 is 1.96 bits per heavy atom. The number of morpholine rings is 1. The van der Waals surface area contributed by atoms with Gasteiger partial charge in [0.15, 0.2) is 0 Å². The van der Waals surface area contributed by atoms with Crippen molar-refractivity contribution >= 4 is 17.7 Å². The van der Waals surface area contributed by atoms with E-state index in [2.05, 4.69) is 25.5 Å². The van der Waals surface area contributed by atoms with E-state index in [4.69, 9.17) is 4.74 Å². The number of aromatic nitrogens is 2. The molecule has 0 spiro atoms. The second-order valence-electron chi connectivity index (χ2n) is 7.17. The van der Waals surface area contributed by atoms with Gasteiger partial charge in [0.1, 0.15) is 0 Å². The molecule has 2 aliphatic heterocycles. The fraction of sp³-hybridized carbons (Fsp3) is 0.706. The molecule has 4 rings (SSSR count). The summed E-state index contributed by atoms with van der Waals surface area (Å²) in [6.07, 6.45) is 6.06. The summed E-state index contributed by atoms with van der Waals surface area (Å²) in [4.78, 5) is 25.4. The molecule has 8 heteroatoms. The number of urea groups is 1. The maximum absolute atomic E-state index is 12.6. The highest BCUT2D eigenvalue weighted by atomic mass is 16.5. The molecule has 3 aliphatic rings. The van der Waals surface area contributed by atoms with Gasteiger partial charge in [0.2, 0.25) is 5.95 Å². The first-order valence-corrected chi connectivity index (χ1v) is 9.18. The third-order valence-electron chi connectivity index (χ3n) is 5.01. The summed E-state index contributed by atoms with van der Waals surface area (Å²) >= 11 is 0. The Hall–Kier alpha value is -1.93. The maximum Gasteiger partial charge on any atom is 0.322 e. The second kappa shape index (κ2) is 7.13. The lowest BCUT2D eigenvalue weighted by Gasteiger charge is -2.37. The summed E-state index contributed by atoms with van der Waals surface area (Å²) in [6, 6.07) is -0.0978. The number of amides is 2. The van der Waals surface area contributed by atoms with Gasteiger partial charge in [-0.1, -0.05) is 0 Å². The van der Waals surface area contributed by atoms with Crippen molar-refractivity contribution in [1.82, 2.24) is 20.2 Å². The average molecular weight is 346 g/mol. The monoisotopic (exact) mass is 346 g/mol. The Morgan fingerprint density at radius 3 is 2.64 bits per heavy atom. The molecule has 2 saturated heterocycles. The van der Waals surface area contributed by atoms with Crippen LogP contribution < -0.4 is 15.5 Å². The number of carbonyl (C=O) groups excluding carboxylic acids is 1. The van der Waals surface area contributed by atoms with E-state index in [0.29, 0.717) is 30.6 Å². The van der Waals surface area contributed by atoms with Gasteiger partial charge in [-0.15, -0.1) is 0 Å². The number of anilines is 2. The zero-order chi connectivity index (χ0) is 17.2. The fourth-order valence-corrected chi connectivity index (χ4v) is 3.50. The van der Waals surface area contributed by atoms with Crippen LogP contribution in [0.15, 0.2) is 12.4 Å². The van der Waals surface area contributed by atoms with Crippen molar-refractivity contribution in [3.8, 4) is 0 Å². The Bertz CT molecular complexity index is 600. The first-order chi connectivity index (χ1) is 12.2. The van der Waals surface area contributed by atoms with Crippen molar-refractivity contribution < 1.29 is 9.53 Å². The Kier molecular flexibility index (Phi) is 4.72. The quantitative estimate of drug-likeness (QED) is 0.847. The van der Waals surface area contributed by atoms with E-state index in [1.165, 1.54) is 12.8 Å². The van der Waals surface area contributed by atoms with E-state index in [1.807, 2.05) is 11.8 Å². The van der Waals surface area contributed by atoms with Crippen LogP contribution in [0.5, 0.6) is 0 Å². The zero-order valence-electron chi connectivity index (χ0n) is 14.6. The number of nitrogens with zero attached hydrogens (tertiary/aromatic N) is 4. The smallest absolute Gasteiger partial charge is 0.322 e. The van der Waals surface area contributed by atoms with Gasteiger partial charge in [0, 0.05) is 39.3 Å². The molecule has 2 N–H and O–H groups in total. The molecule has 136 valence electrons. The molecule has 2 atom stereocenters. The van der Waals surface area contributed by atoms with E-state index in [-0.39, 0.29) is 18.2 Å².